The summed E-state index contributed by atoms with van der Waals surface area (Å²) in [5, 5.41) is 0. The molecule has 1 rings (SSSR count). The lowest BCUT2D eigenvalue weighted by Gasteiger charge is -2.34. The van der Waals surface area contributed by atoms with Crippen molar-refractivity contribution in [2.75, 3.05) is 7.05 Å². The Morgan fingerprint density at radius 1 is 1.35 bits per heavy atom. The van der Waals surface area contributed by atoms with Gasteiger partial charge in [0.05, 0.1) is 10.8 Å². The van der Waals surface area contributed by atoms with E-state index in [-0.39, 0.29) is 27.8 Å². The Morgan fingerprint density at radius 3 is 2.35 bits per heavy atom. The van der Waals surface area contributed by atoms with E-state index in [1.807, 2.05) is 27.7 Å². The maximum absolute atomic E-state index is 13.4. The van der Waals surface area contributed by atoms with Crippen LogP contribution in [-0.4, -0.2) is 25.8 Å². The molecule has 1 unspecified atom stereocenters. The van der Waals surface area contributed by atoms with E-state index < -0.39 is 15.8 Å². The van der Waals surface area contributed by atoms with E-state index in [0.29, 0.717) is 0 Å². The molecular weight excluding hydrogens is 301 g/mol. The lowest BCUT2D eigenvalue weighted by Crippen LogP contribution is -2.42. The zero-order chi connectivity index (χ0) is 15.7. The van der Waals surface area contributed by atoms with E-state index in [2.05, 4.69) is 0 Å². The van der Waals surface area contributed by atoms with E-state index >= 15 is 0 Å². The van der Waals surface area contributed by atoms with Gasteiger partial charge in [-0.3, -0.25) is 0 Å². The van der Waals surface area contributed by atoms with Gasteiger partial charge in [-0.25, -0.2) is 12.8 Å². The highest BCUT2D eigenvalue weighted by Crippen LogP contribution is 2.28. The van der Waals surface area contributed by atoms with Crippen LogP contribution in [0, 0.1) is 11.2 Å². The summed E-state index contributed by atoms with van der Waals surface area (Å²) >= 11 is 5.62. The Bertz CT molecular complexity index is 581. The zero-order valence-corrected chi connectivity index (χ0v) is 14.0. The molecular formula is C14H21ClFNO2S. The number of alkyl halides is 1. The second kappa shape index (κ2) is 6.00. The van der Waals surface area contributed by atoms with Crippen LogP contribution in [0.1, 0.15) is 33.3 Å². The molecule has 0 fully saturated rings. The van der Waals surface area contributed by atoms with Crippen molar-refractivity contribution < 1.29 is 12.8 Å². The Hall–Kier alpha value is -0.650. The smallest absolute Gasteiger partial charge is 0.207 e. The second-order valence-corrected chi connectivity index (χ2v) is 8.21. The van der Waals surface area contributed by atoms with Crippen molar-refractivity contribution in [3.63, 3.8) is 0 Å². The van der Waals surface area contributed by atoms with Gasteiger partial charge in [-0.05, 0) is 30.5 Å². The number of hydrogen-bond donors (Lipinski definition) is 0. The quantitative estimate of drug-likeness (QED) is 0.794. The SMILES string of the molecule is CC(N(C)S(=O)(=O)c1ccc(F)c(CCl)c1)C(C)(C)C. The molecule has 0 aromatic heterocycles. The fourth-order valence-corrected chi connectivity index (χ4v) is 3.53. The van der Waals surface area contributed by atoms with Gasteiger partial charge in [0.25, 0.3) is 0 Å². The van der Waals surface area contributed by atoms with Gasteiger partial charge < -0.3 is 0 Å². The summed E-state index contributed by atoms with van der Waals surface area (Å²) in [6.45, 7) is 7.76. The lowest BCUT2D eigenvalue weighted by atomic mass is 9.88. The van der Waals surface area contributed by atoms with Crippen molar-refractivity contribution in [3.05, 3.63) is 29.6 Å². The summed E-state index contributed by atoms with van der Waals surface area (Å²) in [6, 6.07) is 3.51. The van der Waals surface area contributed by atoms with Crippen LogP contribution in [0.5, 0.6) is 0 Å². The molecule has 0 radical (unpaired) electrons. The molecule has 0 aliphatic carbocycles. The van der Waals surface area contributed by atoms with Crippen LogP contribution in [0.25, 0.3) is 0 Å². The monoisotopic (exact) mass is 321 g/mol. The van der Waals surface area contributed by atoms with Gasteiger partial charge in [-0.1, -0.05) is 20.8 Å². The van der Waals surface area contributed by atoms with Crippen LogP contribution in [0.15, 0.2) is 23.1 Å². The van der Waals surface area contributed by atoms with Crippen LogP contribution in [0.2, 0.25) is 0 Å². The van der Waals surface area contributed by atoms with E-state index in [9.17, 15) is 12.8 Å². The summed E-state index contributed by atoms with van der Waals surface area (Å²) in [5.74, 6) is -0.557. The van der Waals surface area contributed by atoms with Crippen LogP contribution in [0.3, 0.4) is 0 Å². The summed E-state index contributed by atoms with van der Waals surface area (Å²) in [6.07, 6.45) is 0. The van der Waals surface area contributed by atoms with Crippen molar-refractivity contribution >= 4 is 21.6 Å². The summed E-state index contributed by atoms with van der Waals surface area (Å²) < 4.78 is 39.9. The molecule has 6 heteroatoms. The third-order valence-corrected chi connectivity index (χ3v) is 5.85. The molecule has 0 amide bonds. The molecule has 20 heavy (non-hydrogen) atoms. The fraction of sp³-hybridized carbons (Fsp3) is 0.571. The summed E-state index contributed by atoms with van der Waals surface area (Å²) in [5.41, 5.74) is -0.0125. The first-order valence-corrected chi connectivity index (χ1v) is 8.31. The highest BCUT2D eigenvalue weighted by molar-refractivity contribution is 7.89. The predicted molar refractivity (Wildman–Crippen MR) is 79.8 cm³/mol. The van der Waals surface area contributed by atoms with Crippen LogP contribution < -0.4 is 0 Å². The molecule has 0 saturated heterocycles. The van der Waals surface area contributed by atoms with E-state index in [4.69, 9.17) is 11.6 Å². The van der Waals surface area contributed by atoms with Gasteiger partial charge in [-0.2, -0.15) is 4.31 Å². The molecule has 0 aliphatic rings. The molecule has 0 saturated carbocycles. The number of sulfonamides is 1. The molecule has 3 nitrogen and oxygen atoms in total. The standard InChI is InChI=1S/C14H21ClFNO2S/c1-10(14(2,3)4)17(5)20(18,19)12-6-7-13(16)11(8-12)9-15/h6-8,10H,9H2,1-5H3. The van der Waals surface area contributed by atoms with Gasteiger partial charge in [-0.15, -0.1) is 11.6 Å². The van der Waals surface area contributed by atoms with Gasteiger partial charge >= 0.3 is 0 Å². The molecule has 1 aromatic carbocycles. The van der Waals surface area contributed by atoms with Crippen molar-refractivity contribution in [3.8, 4) is 0 Å². The predicted octanol–water partition coefficient (Wildman–Crippen LogP) is 3.62. The topological polar surface area (TPSA) is 37.4 Å². The molecule has 0 aliphatic heterocycles. The zero-order valence-electron chi connectivity index (χ0n) is 12.4. The molecule has 0 N–H and O–H groups in total. The maximum Gasteiger partial charge on any atom is 0.243 e. The van der Waals surface area contributed by atoms with Crippen LogP contribution >= 0.6 is 11.6 Å². The number of halogens is 2. The maximum atomic E-state index is 13.4. The number of nitrogens with zero attached hydrogens (tertiary/aromatic N) is 1. The Morgan fingerprint density at radius 2 is 1.90 bits per heavy atom. The van der Waals surface area contributed by atoms with Crippen LogP contribution in [-0.2, 0) is 15.9 Å². The third-order valence-electron chi connectivity index (χ3n) is 3.64. The van der Waals surface area contributed by atoms with Crippen molar-refractivity contribution in [2.24, 2.45) is 5.41 Å². The highest BCUT2D eigenvalue weighted by atomic mass is 35.5. The minimum absolute atomic E-state index is 0.0618. The molecule has 0 bridgehead atoms. The first-order valence-electron chi connectivity index (χ1n) is 6.34. The first kappa shape index (κ1) is 17.4. The average Bonchev–Trinajstić information content (AvgIpc) is 2.36. The molecule has 1 atom stereocenters. The van der Waals surface area contributed by atoms with E-state index in [1.54, 1.807) is 0 Å². The molecule has 114 valence electrons. The van der Waals surface area contributed by atoms with E-state index in [1.165, 1.54) is 23.5 Å². The van der Waals surface area contributed by atoms with Gasteiger partial charge in [0.2, 0.25) is 10.0 Å². The van der Waals surface area contributed by atoms with Crippen molar-refractivity contribution in [2.45, 2.75) is 44.5 Å². The minimum Gasteiger partial charge on any atom is -0.207 e. The number of rotatable bonds is 4. The lowest BCUT2D eigenvalue weighted by molar-refractivity contribution is 0.216. The van der Waals surface area contributed by atoms with Crippen LogP contribution in [0.4, 0.5) is 4.39 Å². The Kier molecular flexibility index (Phi) is 5.22. The van der Waals surface area contributed by atoms with Gasteiger partial charge in [0.1, 0.15) is 5.82 Å². The third kappa shape index (κ3) is 3.51. The van der Waals surface area contributed by atoms with E-state index in [0.717, 1.165) is 6.07 Å². The first-order chi connectivity index (χ1) is 9.01. The summed E-state index contributed by atoms with van der Waals surface area (Å²) in [4.78, 5) is 0.0631. The van der Waals surface area contributed by atoms with Crippen molar-refractivity contribution in [1.82, 2.24) is 4.31 Å². The Balaban J connectivity index is 3.23. The van der Waals surface area contributed by atoms with Gasteiger partial charge in [0.15, 0.2) is 0 Å². The normalized spacial score (nSPS) is 14.6. The minimum atomic E-state index is -3.66. The molecule has 0 heterocycles. The second-order valence-electron chi connectivity index (χ2n) is 5.95. The van der Waals surface area contributed by atoms with Crippen molar-refractivity contribution in [1.29, 1.82) is 0 Å². The molecule has 1 aromatic rings. The van der Waals surface area contributed by atoms with Gasteiger partial charge in [0, 0.05) is 18.7 Å². The Labute approximate surface area is 125 Å². The number of benzene rings is 1. The number of hydrogen-bond acceptors (Lipinski definition) is 2. The highest BCUT2D eigenvalue weighted by Gasteiger charge is 2.32. The molecule has 0 spiro atoms. The summed E-state index contributed by atoms with van der Waals surface area (Å²) in [7, 11) is -2.13. The largest absolute Gasteiger partial charge is 0.243 e. The average molecular weight is 322 g/mol. The fourth-order valence-electron chi connectivity index (χ4n) is 1.73.